The molecule has 0 N–H and O–H groups in total. The number of halogens is 2. The highest BCUT2D eigenvalue weighted by atomic mass is 79.9. The molecule has 1 rings (SSSR count). The Morgan fingerprint density at radius 3 is 2.14 bits per heavy atom. The van der Waals surface area contributed by atoms with Crippen molar-refractivity contribution < 1.29 is 9.59 Å². The molecular weight excluding hydrogens is 312 g/mol. The molecule has 0 amide bonds. The zero-order valence-corrected chi connectivity index (χ0v) is 10.6. The second-order valence-corrected chi connectivity index (χ2v) is 4.68. The summed E-state index contributed by atoms with van der Waals surface area (Å²) in [6.45, 7) is 1.39. The number of ketones is 2. The average molecular weight is 320 g/mol. The molecule has 2 nitrogen and oxygen atoms in total. The number of Topliss-reactive ketones (excluding diaryl/α,β-unsaturated/α-hetero) is 2. The van der Waals surface area contributed by atoms with Crippen LogP contribution in [0.15, 0.2) is 28.7 Å². The van der Waals surface area contributed by atoms with Gasteiger partial charge in [-0.3, -0.25) is 9.59 Å². The van der Waals surface area contributed by atoms with Crippen molar-refractivity contribution in [3.05, 3.63) is 34.3 Å². The summed E-state index contributed by atoms with van der Waals surface area (Å²) in [5.74, 6) is -0.386. The maximum Gasteiger partial charge on any atom is 0.183 e. The quantitative estimate of drug-likeness (QED) is 0.487. The van der Waals surface area contributed by atoms with E-state index in [0.29, 0.717) is 5.56 Å². The van der Waals surface area contributed by atoms with Gasteiger partial charge >= 0.3 is 0 Å². The molecule has 0 heterocycles. The standard InChI is InChI=1S/C10H8Br2O2/c1-6(13)9(12)10(14)7-2-4-8(11)5-3-7/h2-5,9H,1H3/t9-/m0/s1. The molecule has 0 spiro atoms. The second kappa shape index (κ2) is 4.84. The van der Waals surface area contributed by atoms with Crippen LogP contribution in [0, 0.1) is 0 Å². The van der Waals surface area contributed by atoms with Crippen molar-refractivity contribution in [2.45, 2.75) is 11.8 Å². The summed E-state index contributed by atoms with van der Waals surface area (Å²) in [5.41, 5.74) is 0.533. The van der Waals surface area contributed by atoms with Gasteiger partial charge in [-0.15, -0.1) is 0 Å². The third-order valence-corrected chi connectivity index (χ3v) is 3.31. The van der Waals surface area contributed by atoms with Crippen molar-refractivity contribution in [2.75, 3.05) is 0 Å². The molecule has 4 heteroatoms. The fourth-order valence-electron chi connectivity index (χ4n) is 0.945. The van der Waals surface area contributed by atoms with Gasteiger partial charge in [0.1, 0.15) is 4.83 Å². The van der Waals surface area contributed by atoms with Gasteiger partial charge in [0.2, 0.25) is 0 Å². The number of hydrogen-bond donors (Lipinski definition) is 0. The van der Waals surface area contributed by atoms with E-state index in [9.17, 15) is 9.59 Å². The Morgan fingerprint density at radius 1 is 1.21 bits per heavy atom. The highest BCUT2D eigenvalue weighted by Gasteiger charge is 2.20. The van der Waals surface area contributed by atoms with E-state index in [0.717, 1.165) is 4.47 Å². The molecular formula is C10H8Br2O2. The van der Waals surface area contributed by atoms with E-state index in [4.69, 9.17) is 0 Å². The van der Waals surface area contributed by atoms with Crippen molar-refractivity contribution in [1.29, 1.82) is 0 Å². The van der Waals surface area contributed by atoms with Gasteiger partial charge in [0.15, 0.2) is 11.6 Å². The lowest BCUT2D eigenvalue weighted by molar-refractivity contribution is -0.115. The Hall–Kier alpha value is -0.480. The van der Waals surface area contributed by atoms with Gasteiger partial charge in [0.05, 0.1) is 0 Å². The fraction of sp³-hybridized carbons (Fsp3) is 0.200. The summed E-state index contributed by atoms with van der Waals surface area (Å²) < 4.78 is 0.906. The molecule has 0 unspecified atom stereocenters. The van der Waals surface area contributed by atoms with E-state index in [1.807, 2.05) is 0 Å². The molecule has 1 aromatic carbocycles. The Kier molecular flexibility index (Phi) is 4.01. The summed E-state index contributed by atoms with van der Waals surface area (Å²) >= 11 is 6.32. The predicted octanol–water partition coefficient (Wildman–Crippen LogP) is 2.98. The molecule has 0 bridgehead atoms. The Morgan fingerprint density at radius 2 is 1.71 bits per heavy atom. The van der Waals surface area contributed by atoms with Crippen LogP contribution in [-0.4, -0.2) is 16.4 Å². The minimum Gasteiger partial charge on any atom is -0.298 e. The molecule has 0 aliphatic heterocycles. The van der Waals surface area contributed by atoms with Crippen LogP contribution in [0.4, 0.5) is 0 Å². The normalized spacial score (nSPS) is 12.2. The van der Waals surface area contributed by atoms with E-state index in [1.165, 1.54) is 6.92 Å². The number of carbonyl (C=O) groups is 2. The van der Waals surface area contributed by atoms with Gasteiger partial charge in [-0.1, -0.05) is 44.0 Å². The highest BCUT2D eigenvalue weighted by Crippen LogP contribution is 2.15. The third kappa shape index (κ3) is 2.75. The number of carbonyl (C=O) groups excluding carboxylic acids is 2. The van der Waals surface area contributed by atoms with Gasteiger partial charge in [-0.2, -0.15) is 0 Å². The first-order chi connectivity index (χ1) is 6.52. The van der Waals surface area contributed by atoms with Crippen LogP contribution in [0.3, 0.4) is 0 Å². The number of alkyl halides is 1. The van der Waals surface area contributed by atoms with Crippen LogP contribution >= 0.6 is 31.9 Å². The zero-order valence-electron chi connectivity index (χ0n) is 7.46. The van der Waals surface area contributed by atoms with Gasteiger partial charge in [-0.25, -0.2) is 0 Å². The lowest BCUT2D eigenvalue weighted by Crippen LogP contribution is -2.21. The average Bonchev–Trinajstić information content (AvgIpc) is 2.16. The number of rotatable bonds is 3. The molecule has 0 fully saturated rings. The molecule has 14 heavy (non-hydrogen) atoms. The molecule has 74 valence electrons. The molecule has 0 aromatic heterocycles. The third-order valence-electron chi connectivity index (χ3n) is 1.72. The van der Waals surface area contributed by atoms with Crippen molar-refractivity contribution in [2.24, 2.45) is 0 Å². The minimum atomic E-state index is -0.733. The Balaban J connectivity index is 2.90. The topological polar surface area (TPSA) is 34.1 Å². The SMILES string of the molecule is CC(=O)[C@H](Br)C(=O)c1ccc(Br)cc1. The van der Waals surface area contributed by atoms with Crippen LogP contribution in [0.5, 0.6) is 0 Å². The van der Waals surface area contributed by atoms with Gasteiger partial charge in [0, 0.05) is 10.0 Å². The maximum atomic E-state index is 11.6. The van der Waals surface area contributed by atoms with Crippen LogP contribution in [0.1, 0.15) is 17.3 Å². The largest absolute Gasteiger partial charge is 0.298 e. The number of hydrogen-bond acceptors (Lipinski definition) is 2. The highest BCUT2D eigenvalue weighted by molar-refractivity contribution is 9.10. The lowest BCUT2D eigenvalue weighted by atomic mass is 10.1. The second-order valence-electron chi connectivity index (χ2n) is 2.84. The van der Waals surface area contributed by atoms with Crippen molar-refractivity contribution >= 4 is 43.4 Å². The predicted molar refractivity (Wildman–Crippen MR) is 61.9 cm³/mol. The van der Waals surface area contributed by atoms with Gasteiger partial charge in [-0.05, 0) is 19.1 Å². The van der Waals surface area contributed by atoms with Crippen molar-refractivity contribution in [3.63, 3.8) is 0 Å². The first-order valence-corrected chi connectivity index (χ1v) is 5.67. The zero-order chi connectivity index (χ0) is 10.7. The molecule has 1 atom stereocenters. The summed E-state index contributed by atoms with van der Waals surface area (Å²) in [6, 6.07) is 6.91. The van der Waals surface area contributed by atoms with Gasteiger partial charge in [0.25, 0.3) is 0 Å². The van der Waals surface area contributed by atoms with Crippen LogP contribution in [-0.2, 0) is 4.79 Å². The van der Waals surface area contributed by atoms with Crippen molar-refractivity contribution in [3.8, 4) is 0 Å². The molecule has 0 aliphatic carbocycles. The minimum absolute atomic E-state index is 0.182. The van der Waals surface area contributed by atoms with E-state index in [2.05, 4.69) is 31.9 Å². The first kappa shape index (κ1) is 11.6. The number of benzene rings is 1. The lowest BCUT2D eigenvalue weighted by Gasteiger charge is -2.04. The van der Waals surface area contributed by atoms with Crippen LogP contribution in [0.2, 0.25) is 0 Å². The van der Waals surface area contributed by atoms with E-state index in [-0.39, 0.29) is 11.6 Å². The summed E-state index contributed by atoms with van der Waals surface area (Å²) in [5, 5.41) is 0. The summed E-state index contributed by atoms with van der Waals surface area (Å²) in [7, 11) is 0. The summed E-state index contributed by atoms with van der Waals surface area (Å²) in [4.78, 5) is 21.8. The van der Waals surface area contributed by atoms with Crippen LogP contribution < -0.4 is 0 Å². The van der Waals surface area contributed by atoms with E-state index >= 15 is 0 Å². The van der Waals surface area contributed by atoms with Gasteiger partial charge < -0.3 is 0 Å². The Labute approximate surface area is 98.9 Å². The molecule has 1 aromatic rings. The maximum absolute atomic E-state index is 11.6. The monoisotopic (exact) mass is 318 g/mol. The molecule has 0 saturated carbocycles. The molecule has 0 aliphatic rings. The van der Waals surface area contributed by atoms with Crippen LogP contribution in [0.25, 0.3) is 0 Å². The first-order valence-electron chi connectivity index (χ1n) is 3.96. The molecule has 0 radical (unpaired) electrons. The van der Waals surface area contributed by atoms with Crippen molar-refractivity contribution in [1.82, 2.24) is 0 Å². The Bertz CT molecular complexity index is 357. The molecule has 0 saturated heterocycles. The smallest absolute Gasteiger partial charge is 0.183 e. The van der Waals surface area contributed by atoms with E-state index < -0.39 is 4.83 Å². The fourth-order valence-corrected chi connectivity index (χ4v) is 1.47. The van der Waals surface area contributed by atoms with E-state index in [1.54, 1.807) is 24.3 Å². The summed E-state index contributed by atoms with van der Waals surface area (Å²) in [6.07, 6.45) is 0.